The zero-order valence-electron chi connectivity index (χ0n) is 20.1. The van der Waals surface area contributed by atoms with Gasteiger partial charge in [-0.15, -0.1) is 0 Å². The molecule has 6 heteroatoms. The Morgan fingerprint density at radius 2 is 1.66 bits per heavy atom. The predicted molar refractivity (Wildman–Crippen MR) is 123 cm³/mol. The first-order chi connectivity index (χ1) is 15.2. The SMILES string of the molecule is COc1ccc(CN(C)C(=O)[C@H](NC(=O)C23CC4CC(CC(C4)C2)C3)C(C)C)c(OC)c1. The van der Waals surface area contributed by atoms with Crippen LogP contribution in [-0.4, -0.2) is 44.0 Å². The molecular weight excluding hydrogens is 404 g/mol. The second-order valence-electron chi connectivity index (χ2n) is 10.8. The molecule has 4 fully saturated rings. The number of carbonyl (C=O) groups excluding carboxylic acids is 2. The first-order valence-electron chi connectivity index (χ1n) is 12.0. The highest BCUT2D eigenvalue weighted by Crippen LogP contribution is 2.60. The third-order valence-corrected chi connectivity index (χ3v) is 8.02. The molecule has 0 aliphatic heterocycles. The molecule has 0 unspecified atom stereocenters. The number of amides is 2. The van der Waals surface area contributed by atoms with Gasteiger partial charge in [-0.1, -0.05) is 13.8 Å². The van der Waals surface area contributed by atoms with Gasteiger partial charge in [0.25, 0.3) is 0 Å². The summed E-state index contributed by atoms with van der Waals surface area (Å²) in [5.74, 6) is 3.56. The number of methoxy groups -OCH3 is 2. The van der Waals surface area contributed by atoms with Gasteiger partial charge in [-0.2, -0.15) is 0 Å². The molecule has 0 spiro atoms. The Morgan fingerprint density at radius 1 is 1.06 bits per heavy atom. The number of nitrogens with zero attached hydrogens (tertiary/aromatic N) is 1. The molecule has 6 nitrogen and oxygen atoms in total. The normalized spacial score (nSPS) is 29.0. The summed E-state index contributed by atoms with van der Waals surface area (Å²) in [7, 11) is 5.02. The van der Waals surface area contributed by atoms with Crippen molar-refractivity contribution in [2.24, 2.45) is 29.1 Å². The van der Waals surface area contributed by atoms with Gasteiger partial charge in [-0.25, -0.2) is 0 Å². The van der Waals surface area contributed by atoms with Crippen molar-refractivity contribution < 1.29 is 19.1 Å². The monoisotopic (exact) mass is 442 g/mol. The first kappa shape index (κ1) is 22.9. The smallest absolute Gasteiger partial charge is 0.245 e. The van der Waals surface area contributed by atoms with E-state index in [4.69, 9.17) is 9.47 Å². The van der Waals surface area contributed by atoms with E-state index in [0.29, 0.717) is 35.8 Å². The number of rotatable bonds is 8. The molecule has 1 aromatic rings. The average molecular weight is 443 g/mol. The van der Waals surface area contributed by atoms with E-state index in [9.17, 15) is 9.59 Å². The summed E-state index contributed by atoms with van der Waals surface area (Å²) in [6.07, 6.45) is 6.90. The fourth-order valence-corrected chi connectivity index (χ4v) is 6.75. The Morgan fingerprint density at radius 3 is 2.16 bits per heavy atom. The lowest BCUT2D eigenvalue weighted by Crippen LogP contribution is -2.58. The van der Waals surface area contributed by atoms with E-state index in [1.165, 1.54) is 19.3 Å². The molecule has 4 bridgehead atoms. The molecule has 176 valence electrons. The quantitative estimate of drug-likeness (QED) is 0.660. The van der Waals surface area contributed by atoms with E-state index in [0.717, 1.165) is 24.8 Å². The Bertz CT molecular complexity index is 830. The molecular formula is C26H38N2O4. The van der Waals surface area contributed by atoms with Crippen molar-refractivity contribution >= 4 is 11.8 Å². The third kappa shape index (κ3) is 4.33. The van der Waals surface area contributed by atoms with Crippen LogP contribution in [0.2, 0.25) is 0 Å². The van der Waals surface area contributed by atoms with Crippen LogP contribution in [-0.2, 0) is 16.1 Å². The first-order valence-corrected chi connectivity index (χ1v) is 12.0. The van der Waals surface area contributed by atoms with E-state index < -0.39 is 6.04 Å². The maximum atomic E-state index is 13.6. The lowest BCUT2D eigenvalue weighted by Gasteiger charge is -2.56. The molecule has 4 aliphatic rings. The molecule has 0 saturated heterocycles. The summed E-state index contributed by atoms with van der Waals surface area (Å²) in [5, 5.41) is 3.21. The summed E-state index contributed by atoms with van der Waals surface area (Å²) in [4.78, 5) is 28.7. The summed E-state index contributed by atoms with van der Waals surface area (Å²) in [6.45, 7) is 4.41. The minimum Gasteiger partial charge on any atom is -0.497 e. The average Bonchev–Trinajstić information content (AvgIpc) is 2.75. The lowest BCUT2D eigenvalue weighted by atomic mass is 9.49. The standard InChI is InChI=1S/C26H38N2O4/c1-16(2)23(24(29)28(3)15-20-6-7-21(31-4)11-22(20)32-5)27-25(30)26-12-17-8-18(13-26)10-19(9-17)14-26/h6-7,11,16-19,23H,8-10,12-15H2,1-5H3,(H,27,30)/t17?,18?,19?,23-,26?/m1/s1. The van der Waals surface area contributed by atoms with E-state index in [1.807, 2.05) is 32.0 Å². The zero-order valence-corrected chi connectivity index (χ0v) is 20.1. The van der Waals surface area contributed by atoms with E-state index >= 15 is 0 Å². The van der Waals surface area contributed by atoms with Crippen LogP contribution in [0.5, 0.6) is 11.5 Å². The van der Waals surface area contributed by atoms with Crippen molar-refractivity contribution in [3.8, 4) is 11.5 Å². The van der Waals surface area contributed by atoms with Crippen LogP contribution in [0.3, 0.4) is 0 Å². The number of nitrogens with one attached hydrogen (secondary N) is 1. The van der Waals surface area contributed by atoms with Gasteiger partial charge in [0.1, 0.15) is 17.5 Å². The highest BCUT2D eigenvalue weighted by atomic mass is 16.5. The summed E-state index contributed by atoms with van der Waals surface area (Å²) in [6, 6.07) is 5.08. The van der Waals surface area contributed by atoms with Crippen LogP contribution < -0.4 is 14.8 Å². The molecule has 5 rings (SSSR count). The van der Waals surface area contributed by atoms with Crippen molar-refractivity contribution in [1.29, 1.82) is 0 Å². The van der Waals surface area contributed by atoms with Crippen molar-refractivity contribution in [3.63, 3.8) is 0 Å². The summed E-state index contributed by atoms with van der Waals surface area (Å²) < 4.78 is 10.8. The van der Waals surface area contributed by atoms with Gasteiger partial charge in [0.2, 0.25) is 11.8 Å². The van der Waals surface area contributed by atoms with Crippen LogP contribution >= 0.6 is 0 Å². The number of benzene rings is 1. The number of ether oxygens (including phenoxy) is 2. The minimum absolute atomic E-state index is 0.0144. The van der Waals surface area contributed by atoms with Gasteiger partial charge >= 0.3 is 0 Å². The highest BCUT2D eigenvalue weighted by molar-refractivity contribution is 5.90. The molecule has 1 aromatic carbocycles. The molecule has 4 saturated carbocycles. The van der Waals surface area contributed by atoms with Crippen LogP contribution in [0.25, 0.3) is 0 Å². The second kappa shape index (κ2) is 8.95. The van der Waals surface area contributed by atoms with Crippen molar-refractivity contribution in [1.82, 2.24) is 10.2 Å². The molecule has 1 atom stereocenters. The Kier molecular flexibility index (Phi) is 6.42. The summed E-state index contributed by atoms with van der Waals surface area (Å²) >= 11 is 0. The molecule has 2 amide bonds. The Balaban J connectivity index is 1.45. The van der Waals surface area contributed by atoms with Crippen LogP contribution in [0.4, 0.5) is 0 Å². The van der Waals surface area contributed by atoms with Crippen LogP contribution in [0, 0.1) is 29.1 Å². The largest absolute Gasteiger partial charge is 0.497 e. The lowest BCUT2D eigenvalue weighted by molar-refractivity contribution is -0.150. The van der Waals surface area contributed by atoms with Gasteiger partial charge in [0.15, 0.2) is 0 Å². The minimum atomic E-state index is -0.523. The topological polar surface area (TPSA) is 67.9 Å². The van der Waals surface area contributed by atoms with E-state index in [2.05, 4.69) is 5.32 Å². The molecule has 0 radical (unpaired) electrons. The van der Waals surface area contributed by atoms with Crippen molar-refractivity contribution in [2.45, 2.75) is 65.0 Å². The zero-order chi connectivity index (χ0) is 23.0. The molecule has 32 heavy (non-hydrogen) atoms. The Labute approximate surface area is 192 Å². The van der Waals surface area contributed by atoms with Gasteiger partial charge in [-0.05, 0) is 74.3 Å². The van der Waals surface area contributed by atoms with Gasteiger partial charge < -0.3 is 19.7 Å². The van der Waals surface area contributed by atoms with Crippen molar-refractivity contribution in [2.75, 3.05) is 21.3 Å². The number of hydrogen-bond acceptors (Lipinski definition) is 4. The van der Waals surface area contributed by atoms with Gasteiger partial charge in [0.05, 0.1) is 14.2 Å². The van der Waals surface area contributed by atoms with Crippen LogP contribution in [0.1, 0.15) is 57.9 Å². The van der Waals surface area contributed by atoms with Crippen molar-refractivity contribution in [3.05, 3.63) is 23.8 Å². The predicted octanol–water partition coefficient (Wildman–Crippen LogP) is 4.02. The molecule has 0 heterocycles. The number of likely N-dealkylation sites (N-methyl/N-ethyl adjacent to an activating group) is 1. The van der Waals surface area contributed by atoms with Gasteiger partial charge in [0, 0.05) is 30.6 Å². The van der Waals surface area contributed by atoms with Crippen LogP contribution in [0.15, 0.2) is 18.2 Å². The molecule has 4 aliphatic carbocycles. The van der Waals surface area contributed by atoms with E-state index in [-0.39, 0.29) is 23.1 Å². The van der Waals surface area contributed by atoms with E-state index in [1.54, 1.807) is 26.2 Å². The number of hydrogen-bond donors (Lipinski definition) is 1. The highest BCUT2D eigenvalue weighted by Gasteiger charge is 2.55. The van der Waals surface area contributed by atoms with Gasteiger partial charge in [-0.3, -0.25) is 9.59 Å². The Hall–Kier alpha value is -2.24. The third-order valence-electron chi connectivity index (χ3n) is 8.02. The molecule has 1 N–H and O–H groups in total. The second-order valence-corrected chi connectivity index (χ2v) is 10.8. The maximum absolute atomic E-state index is 13.6. The fraction of sp³-hybridized carbons (Fsp3) is 0.692. The number of carbonyl (C=O) groups is 2. The fourth-order valence-electron chi connectivity index (χ4n) is 6.75. The molecule has 0 aromatic heterocycles. The maximum Gasteiger partial charge on any atom is 0.245 e. The summed E-state index contributed by atoms with van der Waals surface area (Å²) in [5.41, 5.74) is 0.652.